The van der Waals surface area contributed by atoms with Crippen LogP contribution in [0, 0.1) is 5.82 Å². The molecule has 2 rings (SSSR count). The Morgan fingerprint density at radius 1 is 1.00 bits per heavy atom. The molecule has 1 unspecified atom stereocenters. The molecule has 0 saturated carbocycles. The highest BCUT2D eigenvalue weighted by Crippen LogP contribution is 2.22. The molecule has 172 valence electrons. The molecular weight excluding hydrogens is 419 g/mol. The van der Waals surface area contributed by atoms with E-state index in [1.807, 2.05) is 0 Å². The van der Waals surface area contributed by atoms with Crippen molar-refractivity contribution >= 4 is 17.9 Å². The highest BCUT2D eigenvalue weighted by atomic mass is 19.1. The van der Waals surface area contributed by atoms with Crippen molar-refractivity contribution in [3.8, 4) is 0 Å². The number of aromatic amines is 1. The summed E-state index contributed by atoms with van der Waals surface area (Å²) in [6, 6.07) is 0. The molecule has 0 aromatic carbocycles. The van der Waals surface area contributed by atoms with Crippen LogP contribution in [0.3, 0.4) is 0 Å². The Bertz CT molecular complexity index is 780. The normalized spacial score (nSPS) is 22.0. The van der Waals surface area contributed by atoms with Crippen molar-refractivity contribution in [2.75, 3.05) is 6.61 Å². The number of aliphatic carboxylic acids is 3. The summed E-state index contributed by atoms with van der Waals surface area (Å²) in [7, 11) is 0. The quantitative estimate of drug-likeness (QED) is 0.240. The summed E-state index contributed by atoms with van der Waals surface area (Å²) >= 11 is 0. The maximum atomic E-state index is 13.1. The summed E-state index contributed by atoms with van der Waals surface area (Å²) < 4.78 is 18.6. The molecule has 1 aliphatic rings. The number of halogens is 1. The Morgan fingerprint density at radius 2 is 1.40 bits per heavy atom. The largest absolute Gasteiger partial charge is 0.481 e. The summed E-state index contributed by atoms with van der Waals surface area (Å²) in [5.74, 6) is -3.73. The van der Waals surface area contributed by atoms with E-state index in [9.17, 15) is 29.3 Å². The topological polar surface area (TPSA) is 237 Å². The van der Waals surface area contributed by atoms with Gasteiger partial charge >= 0.3 is 5.69 Å². The lowest BCUT2D eigenvalue weighted by Gasteiger charge is -2.35. The van der Waals surface area contributed by atoms with Crippen molar-refractivity contribution in [1.82, 2.24) is 9.55 Å². The van der Waals surface area contributed by atoms with Gasteiger partial charge in [0, 0.05) is 20.8 Å². The molecule has 30 heavy (non-hydrogen) atoms. The standard InChI is InChI=1S/C9H11FN2O6.3C2H4O2/c10-3-1-12(9(17)11-7(3)16)8-6(15)5(14)4(13)2-18-8;3*1-2(3)4/h1,4-6,8,13-15H,2H2,(H,11,16,17);3*1H3,(H,3,4)/t4-,5-,6-,8?;;;/m1.../s1. The van der Waals surface area contributed by atoms with E-state index < -0.39 is 59.5 Å². The zero-order valence-electron chi connectivity index (χ0n) is 16.1. The number of carbonyl (C=O) groups is 3. The third kappa shape index (κ3) is 12.3. The second kappa shape index (κ2) is 13.9. The monoisotopic (exact) mass is 442 g/mol. The molecule has 4 atom stereocenters. The van der Waals surface area contributed by atoms with Crippen LogP contribution in [0.5, 0.6) is 0 Å². The van der Waals surface area contributed by atoms with Crippen LogP contribution in [-0.2, 0) is 19.1 Å². The van der Waals surface area contributed by atoms with Gasteiger partial charge in [0.15, 0.2) is 6.23 Å². The van der Waals surface area contributed by atoms with Crippen molar-refractivity contribution in [1.29, 1.82) is 0 Å². The average Bonchev–Trinajstić information content (AvgIpc) is 2.55. The fourth-order valence-electron chi connectivity index (χ4n) is 1.69. The number of hydrogen-bond acceptors (Lipinski definition) is 9. The molecular formula is C15H23FN2O12. The Hall–Kier alpha value is -3.14. The van der Waals surface area contributed by atoms with Crippen LogP contribution in [0.2, 0.25) is 0 Å². The summed E-state index contributed by atoms with van der Waals surface area (Å²) in [6.07, 6.45) is -5.29. The molecule has 1 fully saturated rings. The second-order valence-electron chi connectivity index (χ2n) is 5.47. The molecule has 0 amide bonds. The van der Waals surface area contributed by atoms with Gasteiger partial charge in [-0.25, -0.2) is 4.79 Å². The zero-order valence-corrected chi connectivity index (χ0v) is 16.1. The predicted molar refractivity (Wildman–Crippen MR) is 94.2 cm³/mol. The molecule has 14 nitrogen and oxygen atoms in total. The minimum absolute atomic E-state index is 0.337. The fraction of sp³-hybridized carbons (Fsp3) is 0.533. The lowest BCUT2D eigenvalue weighted by molar-refractivity contribution is -0.212. The molecule has 1 saturated heterocycles. The summed E-state index contributed by atoms with van der Waals surface area (Å²) in [4.78, 5) is 51.0. The smallest absolute Gasteiger partial charge is 0.330 e. The molecule has 0 spiro atoms. The molecule has 1 aromatic heterocycles. The molecule has 2 heterocycles. The summed E-state index contributed by atoms with van der Waals surface area (Å²) in [5, 5.41) is 50.5. The van der Waals surface area contributed by atoms with Crippen LogP contribution >= 0.6 is 0 Å². The lowest BCUT2D eigenvalue weighted by Crippen LogP contribution is -2.53. The van der Waals surface area contributed by atoms with Crippen LogP contribution < -0.4 is 11.2 Å². The fourth-order valence-corrected chi connectivity index (χ4v) is 1.69. The van der Waals surface area contributed by atoms with Gasteiger partial charge in [-0.2, -0.15) is 4.39 Å². The van der Waals surface area contributed by atoms with E-state index in [-0.39, 0.29) is 6.61 Å². The molecule has 1 aliphatic heterocycles. The van der Waals surface area contributed by atoms with Gasteiger partial charge in [-0.3, -0.25) is 28.7 Å². The number of aromatic nitrogens is 2. The van der Waals surface area contributed by atoms with Gasteiger partial charge in [-0.1, -0.05) is 0 Å². The second-order valence-corrected chi connectivity index (χ2v) is 5.47. The van der Waals surface area contributed by atoms with E-state index in [1.165, 1.54) is 0 Å². The van der Waals surface area contributed by atoms with Crippen LogP contribution in [0.25, 0.3) is 0 Å². The Labute approximate surface area is 167 Å². The minimum Gasteiger partial charge on any atom is -0.481 e. The van der Waals surface area contributed by atoms with Crippen molar-refractivity contribution in [3.05, 3.63) is 32.9 Å². The highest BCUT2D eigenvalue weighted by Gasteiger charge is 2.39. The number of hydrogen-bond donors (Lipinski definition) is 7. The first-order valence-electron chi connectivity index (χ1n) is 7.87. The first-order valence-corrected chi connectivity index (χ1v) is 7.87. The van der Waals surface area contributed by atoms with Crippen molar-refractivity contribution < 1.29 is 54.2 Å². The van der Waals surface area contributed by atoms with Crippen LogP contribution in [0.4, 0.5) is 4.39 Å². The molecule has 0 radical (unpaired) electrons. The Morgan fingerprint density at radius 3 is 1.80 bits per heavy atom. The molecule has 1 aromatic rings. The predicted octanol–water partition coefficient (Wildman–Crippen LogP) is -2.44. The van der Waals surface area contributed by atoms with Gasteiger partial charge < -0.3 is 35.4 Å². The van der Waals surface area contributed by atoms with Gasteiger partial charge in [0.1, 0.15) is 18.3 Å². The van der Waals surface area contributed by atoms with Gasteiger partial charge in [-0.15, -0.1) is 0 Å². The van der Waals surface area contributed by atoms with Crippen LogP contribution in [0.1, 0.15) is 27.0 Å². The Kier molecular flexibility index (Phi) is 13.5. The number of nitrogens with one attached hydrogen (secondary N) is 1. The number of carboxylic acids is 3. The van der Waals surface area contributed by atoms with Crippen LogP contribution in [0.15, 0.2) is 15.8 Å². The van der Waals surface area contributed by atoms with E-state index in [4.69, 9.17) is 34.4 Å². The number of carboxylic acid groups (broad SMARTS) is 3. The third-order valence-electron chi connectivity index (χ3n) is 2.67. The number of rotatable bonds is 1. The van der Waals surface area contributed by atoms with E-state index in [0.717, 1.165) is 20.8 Å². The molecule has 7 N–H and O–H groups in total. The number of nitrogens with zero attached hydrogens (tertiary/aromatic N) is 1. The van der Waals surface area contributed by atoms with E-state index in [0.29, 0.717) is 10.8 Å². The van der Waals surface area contributed by atoms with Gasteiger partial charge in [0.25, 0.3) is 23.5 Å². The van der Waals surface area contributed by atoms with E-state index in [1.54, 1.807) is 4.98 Å². The molecule has 0 aliphatic carbocycles. The van der Waals surface area contributed by atoms with Crippen molar-refractivity contribution in [3.63, 3.8) is 0 Å². The minimum atomic E-state index is -1.63. The maximum Gasteiger partial charge on any atom is 0.330 e. The lowest BCUT2D eigenvalue weighted by atomic mass is 10.0. The van der Waals surface area contributed by atoms with Crippen molar-refractivity contribution in [2.24, 2.45) is 0 Å². The third-order valence-corrected chi connectivity index (χ3v) is 2.67. The average molecular weight is 442 g/mol. The Balaban J connectivity index is 0. The number of aliphatic hydroxyl groups excluding tert-OH is 3. The van der Waals surface area contributed by atoms with Gasteiger partial charge in [-0.05, 0) is 0 Å². The zero-order chi connectivity index (χ0) is 24.2. The highest BCUT2D eigenvalue weighted by molar-refractivity contribution is 5.63. The number of aliphatic hydroxyl groups is 3. The van der Waals surface area contributed by atoms with Gasteiger partial charge in [0.2, 0.25) is 5.82 Å². The van der Waals surface area contributed by atoms with E-state index in [2.05, 4.69) is 0 Å². The molecule has 0 bridgehead atoms. The first kappa shape index (κ1) is 29.1. The number of ether oxygens (including phenoxy) is 1. The maximum absolute atomic E-state index is 13.1. The van der Waals surface area contributed by atoms with Crippen molar-refractivity contribution in [2.45, 2.75) is 45.3 Å². The summed E-state index contributed by atoms with van der Waals surface area (Å²) in [6.45, 7) is 2.91. The SMILES string of the molecule is CC(=O)O.CC(=O)O.CC(=O)O.O=c1[nH]c(=O)n(C2OC[C@@H](O)[C@@H](O)[C@H]2O)cc1F. The summed E-state index contributed by atoms with van der Waals surface area (Å²) in [5.41, 5.74) is -2.18. The number of H-pyrrole nitrogens is 1. The van der Waals surface area contributed by atoms with Gasteiger partial charge in [0.05, 0.1) is 12.8 Å². The molecule has 15 heteroatoms. The first-order chi connectivity index (χ1) is 13.6. The van der Waals surface area contributed by atoms with E-state index >= 15 is 0 Å². The van der Waals surface area contributed by atoms with Crippen LogP contribution in [-0.4, -0.2) is 83.0 Å².